The van der Waals surface area contributed by atoms with Gasteiger partial charge in [0.1, 0.15) is 17.7 Å². The van der Waals surface area contributed by atoms with Crippen LogP contribution < -0.4 is 9.47 Å². The highest BCUT2D eigenvalue weighted by atomic mass is 16.5. The molecule has 0 saturated carbocycles. The fraction of sp³-hybridized carbons (Fsp3) is 0.333. The van der Waals surface area contributed by atoms with Crippen LogP contribution in [-0.4, -0.2) is 13.7 Å². The van der Waals surface area contributed by atoms with Crippen molar-refractivity contribution in [2.24, 2.45) is 0 Å². The maximum Gasteiger partial charge on any atom is 0.161 e. The van der Waals surface area contributed by atoms with E-state index in [0.29, 0.717) is 18.1 Å². The van der Waals surface area contributed by atoms with Crippen LogP contribution in [0.3, 0.4) is 0 Å². The average molecular weight is 256 g/mol. The highest BCUT2D eigenvalue weighted by molar-refractivity contribution is 5.64. The second kappa shape index (κ2) is 7.79. The molecule has 0 aliphatic rings. The zero-order valence-corrected chi connectivity index (χ0v) is 11.1. The maximum absolute atomic E-state index is 8.73. The molecule has 0 N–H and O–H groups in total. The Hall–Kier alpha value is -2.46. The van der Waals surface area contributed by atoms with Gasteiger partial charge < -0.3 is 9.47 Å². The molecule has 0 aliphatic carbocycles. The van der Waals surface area contributed by atoms with E-state index in [1.807, 2.05) is 12.1 Å². The molecule has 4 heteroatoms. The minimum absolute atomic E-state index is 0.0599. The number of nitrogens with zero attached hydrogens (tertiary/aromatic N) is 2. The van der Waals surface area contributed by atoms with Gasteiger partial charge in [0, 0.05) is 0 Å². The third kappa shape index (κ3) is 4.37. The summed E-state index contributed by atoms with van der Waals surface area (Å²) in [5, 5.41) is 17.5. The summed E-state index contributed by atoms with van der Waals surface area (Å²) in [4.78, 5) is 0. The lowest BCUT2D eigenvalue weighted by atomic mass is 10.1. The average Bonchev–Trinajstić information content (AvgIpc) is 2.45. The zero-order chi connectivity index (χ0) is 14.1. The molecule has 1 rings (SSSR count). The molecule has 0 amide bonds. The maximum atomic E-state index is 8.73. The Kier molecular flexibility index (Phi) is 5.98. The zero-order valence-electron chi connectivity index (χ0n) is 11.1. The van der Waals surface area contributed by atoms with Crippen LogP contribution >= 0.6 is 0 Å². The quantitative estimate of drug-likeness (QED) is 0.578. The molecule has 0 spiro atoms. The molecule has 19 heavy (non-hydrogen) atoms. The van der Waals surface area contributed by atoms with E-state index in [1.54, 1.807) is 25.3 Å². The van der Waals surface area contributed by atoms with Crippen LogP contribution in [0, 0.1) is 22.7 Å². The fourth-order valence-electron chi connectivity index (χ4n) is 1.48. The first-order chi connectivity index (χ1) is 9.24. The second-order valence-electron chi connectivity index (χ2n) is 3.89. The number of hydrogen-bond donors (Lipinski definition) is 0. The van der Waals surface area contributed by atoms with E-state index >= 15 is 0 Å². The minimum Gasteiger partial charge on any atom is -0.493 e. The Labute approximate surface area is 113 Å². The summed E-state index contributed by atoms with van der Waals surface area (Å²) >= 11 is 0. The lowest BCUT2D eigenvalue weighted by molar-refractivity contribution is 0.288. The summed E-state index contributed by atoms with van der Waals surface area (Å²) in [7, 11) is 1.58. The summed E-state index contributed by atoms with van der Waals surface area (Å²) in [6.07, 6.45) is 3.53. The third-order valence-electron chi connectivity index (χ3n) is 2.50. The number of rotatable bonds is 6. The molecule has 1 aromatic rings. The predicted molar refractivity (Wildman–Crippen MR) is 72.6 cm³/mol. The summed E-state index contributed by atoms with van der Waals surface area (Å²) < 4.78 is 10.9. The smallest absolute Gasteiger partial charge is 0.161 e. The van der Waals surface area contributed by atoms with E-state index in [1.165, 1.54) is 6.08 Å². The van der Waals surface area contributed by atoms with Crippen LogP contribution in [0.15, 0.2) is 23.8 Å². The molecule has 4 nitrogen and oxygen atoms in total. The fourth-order valence-corrected chi connectivity index (χ4v) is 1.48. The molecular weight excluding hydrogens is 240 g/mol. The van der Waals surface area contributed by atoms with E-state index in [-0.39, 0.29) is 5.57 Å². The number of benzene rings is 1. The van der Waals surface area contributed by atoms with Crippen molar-refractivity contribution in [3.63, 3.8) is 0 Å². The standard InChI is InChI=1S/C15H16N2O2/c1-3-4-7-19-15-9-12(5-6-14(15)18-2)8-13(10-16)11-17/h5-6,8-9H,3-4,7H2,1-2H3. The molecule has 0 aromatic heterocycles. The van der Waals surface area contributed by atoms with Gasteiger partial charge in [-0.3, -0.25) is 0 Å². The molecule has 98 valence electrons. The minimum atomic E-state index is 0.0599. The number of allylic oxidation sites excluding steroid dienone is 1. The molecule has 0 radical (unpaired) electrons. The van der Waals surface area contributed by atoms with Gasteiger partial charge in [0.2, 0.25) is 0 Å². The van der Waals surface area contributed by atoms with E-state index in [4.69, 9.17) is 20.0 Å². The van der Waals surface area contributed by atoms with Gasteiger partial charge in [0.25, 0.3) is 0 Å². The van der Waals surface area contributed by atoms with Crippen molar-refractivity contribution in [1.82, 2.24) is 0 Å². The molecule has 0 atom stereocenters. The van der Waals surface area contributed by atoms with Crippen LogP contribution in [0.25, 0.3) is 6.08 Å². The highest BCUT2D eigenvalue weighted by Gasteiger charge is 2.05. The van der Waals surface area contributed by atoms with Gasteiger partial charge in [-0.1, -0.05) is 19.4 Å². The van der Waals surface area contributed by atoms with Gasteiger partial charge in [0.05, 0.1) is 13.7 Å². The first-order valence-corrected chi connectivity index (χ1v) is 6.07. The number of unbranched alkanes of at least 4 members (excludes halogenated alkanes) is 1. The molecule has 0 aliphatic heterocycles. The first kappa shape index (κ1) is 14.6. The molecule has 1 aromatic carbocycles. The van der Waals surface area contributed by atoms with Crippen molar-refractivity contribution in [1.29, 1.82) is 10.5 Å². The highest BCUT2D eigenvalue weighted by Crippen LogP contribution is 2.29. The van der Waals surface area contributed by atoms with Crippen LogP contribution in [0.1, 0.15) is 25.3 Å². The van der Waals surface area contributed by atoms with Crippen LogP contribution in [0.5, 0.6) is 11.5 Å². The van der Waals surface area contributed by atoms with Crippen molar-refractivity contribution in [2.45, 2.75) is 19.8 Å². The SMILES string of the molecule is CCCCOc1cc(C=C(C#N)C#N)ccc1OC. The van der Waals surface area contributed by atoms with Crippen molar-refractivity contribution in [3.05, 3.63) is 29.3 Å². The number of ether oxygens (including phenoxy) is 2. The van der Waals surface area contributed by atoms with Crippen molar-refractivity contribution >= 4 is 6.08 Å². The monoisotopic (exact) mass is 256 g/mol. The van der Waals surface area contributed by atoms with Crippen LogP contribution in [-0.2, 0) is 0 Å². The lowest BCUT2D eigenvalue weighted by Crippen LogP contribution is -1.99. The topological polar surface area (TPSA) is 66.0 Å². The Bertz CT molecular complexity index is 520. The molecule has 0 bridgehead atoms. The van der Waals surface area contributed by atoms with E-state index in [2.05, 4.69) is 6.92 Å². The molecule has 0 heterocycles. The molecule has 0 unspecified atom stereocenters. The Morgan fingerprint density at radius 1 is 1.26 bits per heavy atom. The van der Waals surface area contributed by atoms with Crippen molar-refractivity contribution < 1.29 is 9.47 Å². The Balaban J connectivity index is 2.99. The van der Waals surface area contributed by atoms with Gasteiger partial charge in [-0.2, -0.15) is 10.5 Å². The number of nitriles is 2. The van der Waals surface area contributed by atoms with E-state index in [0.717, 1.165) is 18.4 Å². The normalized spacial score (nSPS) is 9.05. The van der Waals surface area contributed by atoms with Crippen molar-refractivity contribution in [2.75, 3.05) is 13.7 Å². The summed E-state index contributed by atoms with van der Waals surface area (Å²) in [5.41, 5.74) is 0.801. The second-order valence-corrected chi connectivity index (χ2v) is 3.89. The Morgan fingerprint density at radius 2 is 2.00 bits per heavy atom. The predicted octanol–water partition coefficient (Wildman–Crippen LogP) is 3.30. The van der Waals surface area contributed by atoms with Gasteiger partial charge in [-0.25, -0.2) is 0 Å². The summed E-state index contributed by atoms with van der Waals surface area (Å²) in [6, 6.07) is 8.97. The van der Waals surface area contributed by atoms with Crippen molar-refractivity contribution in [3.8, 4) is 23.6 Å². The van der Waals surface area contributed by atoms with Gasteiger partial charge in [-0.05, 0) is 30.2 Å². The number of methoxy groups -OCH3 is 1. The van der Waals surface area contributed by atoms with Gasteiger partial charge in [-0.15, -0.1) is 0 Å². The van der Waals surface area contributed by atoms with Gasteiger partial charge >= 0.3 is 0 Å². The first-order valence-electron chi connectivity index (χ1n) is 6.07. The summed E-state index contributed by atoms with van der Waals surface area (Å²) in [5.74, 6) is 1.27. The third-order valence-corrected chi connectivity index (χ3v) is 2.50. The van der Waals surface area contributed by atoms with Crippen LogP contribution in [0.2, 0.25) is 0 Å². The lowest BCUT2D eigenvalue weighted by Gasteiger charge is -2.11. The van der Waals surface area contributed by atoms with E-state index < -0.39 is 0 Å². The largest absolute Gasteiger partial charge is 0.493 e. The van der Waals surface area contributed by atoms with Gasteiger partial charge in [0.15, 0.2) is 11.5 Å². The molecule has 0 fully saturated rings. The van der Waals surface area contributed by atoms with Crippen LogP contribution in [0.4, 0.5) is 0 Å². The molecular formula is C15H16N2O2. The number of hydrogen-bond acceptors (Lipinski definition) is 4. The van der Waals surface area contributed by atoms with E-state index in [9.17, 15) is 0 Å². The Morgan fingerprint density at radius 3 is 2.58 bits per heavy atom. The summed E-state index contributed by atoms with van der Waals surface area (Å²) in [6.45, 7) is 2.70. The molecule has 0 saturated heterocycles.